The molecule has 0 bridgehead atoms. The van der Waals surface area contributed by atoms with Gasteiger partial charge in [0, 0.05) is 17.6 Å². The van der Waals surface area contributed by atoms with Crippen molar-refractivity contribution in [2.75, 3.05) is 0 Å². The van der Waals surface area contributed by atoms with Crippen molar-refractivity contribution in [3.05, 3.63) is 59.4 Å². The van der Waals surface area contributed by atoms with E-state index in [1.807, 2.05) is 19.1 Å². The topological polar surface area (TPSA) is 21.3 Å². The van der Waals surface area contributed by atoms with Gasteiger partial charge in [0.1, 0.15) is 5.75 Å². The van der Waals surface area contributed by atoms with Gasteiger partial charge in [0.15, 0.2) is 11.6 Å². The van der Waals surface area contributed by atoms with E-state index in [4.69, 9.17) is 4.74 Å². The molecule has 0 aromatic heterocycles. The first-order valence-corrected chi connectivity index (χ1v) is 7.12. The minimum atomic E-state index is -0.354. The van der Waals surface area contributed by atoms with Crippen LogP contribution in [0.15, 0.2) is 42.5 Å². The van der Waals surface area contributed by atoms with Crippen LogP contribution in [0.2, 0.25) is 0 Å². The number of hydrogen-bond donors (Lipinski definition) is 1. The van der Waals surface area contributed by atoms with Gasteiger partial charge < -0.3 is 10.1 Å². The van der Waals surface area contributed by atoms with Gasteiger partial charge >= 0.3 is 0 Å². The Kier molecular flexibility index (Phi) is 4.63. The Hall–Kier alpha value is -1.87. The minimum Gasteiger partial charge on any atom is -0.454 e. The average Bonchev–Trinajstić information content (AvgIpc) is 2.40. The first-order chi connectivity index (χ1) is 9.85. The Bertz CT molecular complexity index is 617. The zero-order valence-corrected chi connectivity index (χ0v) is 13.0. The lowest BCUT2D eigenvalue weighted by Gasteiger charge is -2.22. The second-order valence-corrected chi connectivity index (χ2v) is 6.25. The Morgan fingerprint density at radius 3 is 2.43 bits per heavy atom. The molecule has 0 amide bonds. The highest BCUT2D eigenvalue weighted by atomic mass is 19.1. The van der Waals surface area contributed by atoms with Crippen LogP contribution in [-0.4, -0.2) is 5.54 Å². The summed E-state index contributed by atoms with van der Waals surface area (Å²) in [6, 6.07) is 12.4. The molecule has 2 aromatic carbocycles. The Morgan fingerprint density at radius 1 is 1.05 bits per heavy atom. The quantitative estimate of drug-likeness (QED) is 0.871. The molecule has 0 spiro atoms. The fraction of sp³-hybridized carbons (Fsp3) is 0.333. The molecule has 2 aromatic rings. The molecule has 0 heterocycles. The zero-order valence-electron chi connectivity index (χ0n) is 13.0. The molecule has 0 aliphatic rings. The summed E-state index contributed by atoms with van der Waals surface area (Å²) in [4.78, 5) is 0. The molecule has 0 saturated heterocycles. The third kappa shape index (κ3) is 4.57. The second-order valence-electron chi connectivity index (χ2n) is 6.25. The lowest BCUT2D eigenvalue weighted by Crippen LogP contribution is -2.35. The van der Waals surface area contributed by atoms with Crippen molar-refractivity contribution < 1.29 is 9.13 Å². The molecule has 2 rings (SSSR count). The molecule has 0 unspecified atom stereocenters. The number of aryl methyl sites for hydroxylation is 1. The van der Waals surface area contributed by atoms with E-state index in [0.29, 0.717) is 12.3 Å². The lowest BCUT2D eigenvalue weighted by molar-refractivity contribution is 0.407. The summed E-state index contributed by atoms with van der Waals surface area (Å²) in [6.07, 6.45) is 0. The highest BCUT2D eigenvalue weighted by molar-refractivity contribution is 5.40. The molecule has 0 saturated carbocycles. The summed E-state index contributed by atoms with van der Waals surface area (Å²) < 4.78 is 19.5. The molecule has 112 valence electrons. The maximum atomic E-state index is 13.7. The molecular formula is C18H22FNO. The zero-order chi connectivity index (χ0) is 15.5. The smallest absolute Gasteiger partial charge is 0.165 e. The van der Waals surface area contributed by atoms with Crippen LogP contribution in [0.1, 0.15) is 31.9 Å². The third-order valence-electron chi connectivity index (χ3n) is 3.08. The normalized spacial score (nSPS) is 11.5. The Balaban J connectivity index is 2.25. The van der Waals surface area contributed by atoms with E-state index in [9.17, 15) is 4.39 Å². The minimum absolute atomic E-state index is 0.0129. The number of para-hydroxylation sites is 1. The van der Waals surface area contributed by atoms with Crippen molar-refractivity contribution in [2.24, 2.45) is 0 Å². The Labute approximate surface area is 126 Å². The van der Waals surface area contributed by atoms with Gasteiger partial charge in [-0.05, 0) is 45.9 Å². The molecule has 0 radical (unpaired) electrons. The predicted octanol–water partition coefficient (Wildman–Crippen LogP) is 4.81. The van der Waals surface area contributed by atoms with Crippen molar-refractivity contribution in [1.82, 2.24) is 5.32 Å². The van der Waals surface area contributed by atoms with Crippen molar-refractivity contribution in [3.8, 4) is 11.5 Å². The molecule has 2 nitrogen and oxygen atoms in total. The van der Waals surface area contributed by atoms with E-state index >= 15 is 0 Å². The van der Waals surface area contributed by atoms with Gasteiger partial charge in [-0.1, -0.05) is 29.8 Å². The monoisotopic (exact) mass is 287 g/mol. The molecule has 1 N–H and O–H groups in total. The summed E-state index contributed by atoms with van der Waals surface area (Å²) in [5.41, 5.74) is 2.19. The first-order valence-electron chi connectivity index (χ1n) is 7.12. The summed E-state index contributed by atoms with van der Waals surface area (Å²) in [5, 5.41) is 3.43. The van der Waals surface area contributed by atoms with Crippen molar-refractivity contribution in [3.63, 3.8) is 0 Å². The molecule has 21 heavy (non-hydrogen) atoms. The van der Waals surface area contributed by atoms with E-state index in [1.165, 1.54) is 6.07 Å². The van der Waals surface area contributed by atoms with Gasteiger partial charge in [0.05, 0.1) is 0 Å². The molecule has 0 atom stereocenters. The number of ether oxygens (including phenoxy) is 1. The van der Waals surface area contributed by atoms with Crippen LogP contribution in [-0.2, 0) is 6.54 Å². The van der Waals surface area contributed by atoms with E-state index in [0.717, 1.165) is 11.1 Å². The maximum Gasteiger partial charge on any atom is 0.165 e. The molecule has 0 aliphatic heterocycles. The highest BCUT2D eigenvalue weighted by Gasteiger charge is 2.12. The highest BCUT2D eigenvalue weighted by Crippen LogP contribution is 2.28. The molecule has 0 aliphatic carbocycles. The van der Waals surface area contributed by atoms with Crippen LogP contribution >= 0.6 is 0 Å². The van der Waals surface area contributed by atoms with Gasteiger partial charge in [-0.3, -0.25) is 0 Å². The van der Waals surface area contributed by atoms with Gasteiger partial charge in [0.25, 0.3) is 0 Å². The summed E-state index contributed by atoms with van der Waals surface area (Å²) in [7, 11) is 0. The largest absolute Gasteiger partial charge is 0.454 e. The van der Waals surface area contributed by atoms with Crippen LogP contribution in [0.25, 0.3) is 0 Å². The van der Waals surface area contributed by atoms with E-state index in [1.54, 1.807) is 18.2 Å². The lowest BCUT2D eigenvalue weighted by atomic mass is 10.1. The predicted molar refractivity (Wildman–Crippen MR) is 84.2 cm³/mol. The van der Waals surface area contributed by atoms with Crippen LogP contribution in [0, 0.1) is 12.7 Å². The number of nitrogens with one attached hydrogen (secondary N) is 1. The maximum absolute atomic E-state index is 13.7. The SMILES string of the molecule is Cc1ccc(Oc2ccccc2F)c(CNC(C)(C)C)c1. The molecular weight excluding hydrogens is 265 g/mol. The fourth-order valence-electron chi connectivity index (χ4n) is 1.95. The Morgan fingerprint density at radius 2 is 1.76 bits per heavy atom. The summed E-state index contributed by atoms with van der Waals surface area (Å²) in [6.45, 7) is 9.04. The first kappa shape index (κ1) is 15.5. The van der Waals surface area contributed by atoms with Gasteiger partial charge in [0.2, 0.25) is 0 Å². The van der Waals surface area contributed by atoms with Gasteiger partial charge in [-0.15, -0.1) is 0 Å². The number of benzene rings is 2. The van der Waals surface area contributed by atoms with Crippen LogP contribution in [0.3, 0.4) is 0 Å². The van der Waals surface area contributed by atoms with Crippen molar-refractivity contribution in [2.45, 2.75) is 39.8 Å². The summed E-state index contributed by atoms with van der Waals surface area (Å²) >= 11 is 0. The number of rotatable bonds is 4. The summed E-state index contributed by atoms with van der Waals surface area (Å²) in [5.74, 6) is 0.577. The average molecular weight is 287 g/mol. The fourth-order valence-corrected chi connectivity index (χ4v) is 1.95. The van der Waals surface area contributed by atoms with Gasteiger partial charge in [-0.2, -0.15) is 0 Å². The van der Waals surface area contributed by atoms with Crippen LogP contribution in [0.4, 0.5) is 4.39 Å². The number of halogens is 1. The second kappa shape index (κ2) is 6.27. The van der Waals surface area contributed by atoms with E-state index in [-0.39, 0.29) is 17.1 Å². The van der Waals surface area contributed by atoms with Crippen molar-refractivity contribution >= 4 is 0 Å². The standard InChI is InChI=1S/C18H22FNO/c1-13-9-10-16(14(11-13)12-20-18(2,3)4)21-17-8-6-5-7-15(17)19/h5-11,20H,12H2,1-4H3. The van der Waals surface area contributed by atoms with Crippen LogP contribution in [0.5, 0.6) is 11.5 Å². The van der Waals surface area contributed by atoms with E-state index < -0.39 is 0 Å². The van der Waals surface area contributed by atoms with E-state index in [2.05, 4.69) is 32.2 Å². The number of hydrogen-bond acceptors (Lipinski definition) is 2. The van der Waals surface area contributed by atoms with Crippen LogP contribution < -0.4 is 10.1 Å². The third-order valence-corrected chi connectivity index (χ3v) is 3.08. The van der Waals surface area contributed by atoms with Gasteiger partial charge in [-0.25, -0.2) is 4.39 Å². The van der Waals surface area contributed by atoms with Crippen molar-refractivity contribution in [1.29, 1.82) is 0 Å². The molecule has 3 heteroatoms. The molecule has 0 fully saturated rings.